The summed E-state index contributed by atoms with van der Waals surface area (Å²) < 4.78 is 1.34. The molecule has 8 heteroatoms. The average molecular weight is 441 g/mol. The molecule has 0 aliphatic rings. The van der Waals surface area contributed by atoms with Gasteiger partial charge in [0.05, 0.1) is 35.5 Å². The number of hydrogen-bond donors (Lipinski definition) is 1. The van der Waals surface area contributed by atoms with Gasteiger partial charge < -0.3 is 5.11 Å². The Hall–Kier alpha value is -4.46. The van der Waals surface area contributed by atoms with Crippen molar-refractivity contribution in [3.05, 3.63) is 93.3 Å². The Morgan fingerprint density at radius 2 is 2.00 bits per heavy atom. The fourth-order valence-corrected chi connectivity index (χ4v) is 3.31. The molecule has 2 heterocycles. The highest BCUT2D eigenvalue weighted by atomic mass is 35.5. The van der Waals surface area contributed by atoms with Gasteiger partial charge in [-0.3, -0.25) is 9.36 Å². The molecule has 32 heavy (non-hydrogen) atoms. The van der Waals surface area contributed by atoms with E-state index in [1.54, 1.807) is 36.4 Å². The van der Waals surface area contributed by atoms with Gasteiger partial charge in [0.15, 0.2) is 0 Å². The van der Waals surface area contributed by atoms with Crippen LogP contribution in [0, 0.1) is 23.2 Å². The van der Waals surface area contributed by atoms with Gasteiger partial charge in [-0.2, -0.15) is 5.26 Å². The molecule has 0 spiro atoms. The maximum atomic E-state index is 12.7. The van der Waals surface area contributed by atoms with Crippen molar-refractivity contribution in [3.63, 3.8) is 0 Å². The number of carboxylic acids is 1. The molecule has 4 rings (SSSR count). The normalized spacial score (nSPS) is 10.2. The SMILES string of the molecule is N#Cc1cc2c(=O)n(CC#Cc3ccc(Cl)cc3-c3cccc(C(=O)O)c3)cnc2cn1. The van der Waals surface area contributed by atoms with E-state index in [0.29, 0.717) is 32.6 Å². The molecule has 2 aromatic heterocycles. The minimum absolute atomic E-state index is 0.0726. The van der Waals surface area contributed by atoms with Crippen molar-refractivity contribution in [1.82, 2.24) is 14.5 Å². The lowest BCUT2D eigenvalue weighted by atomic mass is 9.98. The fourth-order valence-electron chi connectivity index (χ4n) is 3.14. The second-order valence-electron chi connectivity index (χ2n) is 6.75. The maximum absolute atomic E-state index is 12.7. The van der Waals surface area contributed by atoms with E-state index >= 15 is 0 Å². The molecule has 0 radical (unpaired) electrons. The zero-order chi connectivity index (χ0) is 22.7. The second kappa shape index (κ2) is 8.73. The predicted molar refractivity (Wildman–Crippen MR) is 119 cm³/mol. The van der Waals surface area contributed by atoms with Crippen LogP contribution in [0.5, 0.6) is 0 Å². The molecule has 0 aliphatic heterocycles. The molecule has 0 unspecified atom stereocenters. The number of benzene rings is 2. The molecular formula is C24H13ClN4O3. The minimum atomic E-state index is -1.03. The van der Waals surface area contributed by atoms with E-state index in [0.717, 1.165) is 0 Å². The van der Waals surface area contributed by atoms with Crippen LogP contribution in [0.25, 0.3) is 22.0 Å². The number of carbonyl (C=O) groups is 1. The summed E-state index contributed by atoms with van der Waals surface area (Å²) in [5.74, 6) is 4.95. The molecule has 2 aromatic carbocycles. The summed E-state index contributed by atoms with van der Waals surface area (Å²) in [6.07, 6.45) is 2.77. The molecular weight excluding hydrogens is 428 g/mol. The third kappa shape index (κ3) is 4.20. The van der Waals surface area contributed by atoms with Crippen molar-refractivity contribution in [2.45, 2.75) is 6.54 Å². The zero-order valence-electron chi connectivity index (χ0n) is 16.4. The Labute approximate surface area is 187 Å². The first-order valence-corrected chi connectivity index (χ1v) is 9.71. The number of aromatic nitrogens is 3. The van der Waals surface area contributed by atoms with Crippen LogP contribution in [-0.4, -0.2) is 25.6 Å². The Morgan fingerprint density at radius 3 is 2.78 bits per heavy atom. The van der Waals surface area contributed by atoms with E-state index in [4.69, 9.17) is 16.9 Å². The lowest BCUT2D eigenvalue weighted by Crippen LogP contribution is -2.20. The first-order chi connectivity index (χ1) is 15.5. The fraction of sp³-hybridized carbons (Fsp3) is 0.0417. The Kier molecular flexibility index (Phi) is 5.67. The molecule has 1 N–H and O–H groups in total. The van der Waals surface area contributed by atoms with Crippen LogP contribution in [0.15, 0.2) is 65.8 Å². The van der Waals surface area contributed by atoms with Crippen LogP contribution >= 0.6 is 11.6 Å². The van der Waals surface area contributed by atoms with Crippen molar-refractivity contribution < 1.29 is 9.90 Å². The molecule has 0 atom stereocenters. The highest BCUT2D eigenvalue weighted by Crippen LogP contribution is 2.27. The molecule has 154 valence electrons. The van der Waals surface area contributed by atoms with Crippen LogP contribution in [0.1, 0.15) is 21.6 Å². The summed E-state index contributed by atoms with van der Waals surface area (Å²) in [4.78, 5) is 32.1. The number of carboxylic acid groups (broad SMARTS) is 1. The summed E-state index contributed by atoms with van der Waals surface area (Å²) in [6.45, 7) is 0.0726. The third-order valence-corrected chi connectivity index (χ3v) is 4.93. The molecule has 4 aromatic rings. The maximum Gasteiger partial charge on any atom is 0.335 e. The summed E-state index contributed by atoms with van der Waals surface area (Å²) in [6, 6.07) is 15.0. The zero-order valence-corrected chi connectivity index (χ0v) is 17.2. The molecule has 0 bridgehead atoms. The molecule has 0 saturated heterocycles. The van der Waals surface area contributed by atoms with Crippen LogP contribution in [0.2, 0.25) is 5.02 Å². The number of rotatable bonds is 3. The van der Waals surface area contributed by atoms with Gasteiger partial charge in [-0.1, -0.05) is 35.6 Å². The Morgan fingerprint density at radius 1 is 1.16 bits per heavy atom. The van der Waals surface area contributed by atoms with Crippen molar-refractivity contribution in [2.75, 3.05) is 0 Å². The lowest BCUT2D eigenvalue weighted by molar-refractivity contribution is 0.0697. The van der Waals surface area contributed by atoms with Crippen molar-refractivity contribution >= 4 is 28.5 Å². The summed E-state index contributed by atoms with van der Waals surface area (Å²) in [7, 11) is 0. The summed E-state index contributed by atoms with van der Waals surface area (Å²) >= 11 is 6.15. The molecule has 0 fully saturated rings. The third-order valence-electron chi connectivity index (χ3n) is 4.70. The van der Waals surface area contributed by atoms with Gasteiger partial charge in [-0.25, -0.2) is 14.8 Å². The average Bonchev–Trinajstić information content (AvgIpc) is 2.81. The highest BCUT2D eigenvalue weighted by molar-refractivity contribution is 6.31. The number of pyridine rings is 1. The number of fused-ring (bicyclic) bond motifs is 1. The first kappa shape index (κ1) is 20.8. The Balaban J connectivity index is 1.70. The monoisotopic (exact) mass is 440 g/mol. The largest absolute Gasteiger partial charge is 0.478 e. The lowest BCUT2D eigenvalue weighted by Gasteiger charge is -2.07. The van der Waals surface area contributed by atoms with E-state index in [9.17, 15) is 14.7 Å². The van der Waals surface area contributed by atoms with Gasteiger partial charge in [0, 0.05) is 10.6 Å². The number of nitriles is 1. The van der Waals surface area contributed by atoms with E-state index in [-0.39, 0.29) is 23.4 Å². The van der Waals surface area contributed by atoms with Crippen LogP contribution in [0.4, 0.5) is 0 Å². The number of aromatic carboxylic acids is 1. The van der Waals surface area contributed by atoms with E-state index < -0.39 is 5.97 Å². The highest BCUT2D eigenvalue weighted by Gasteiger charge is 2.09. The number of halogens is 1. The van der Waals surface area contributed by atoms with Gasteiger partial charge in [0.1, 0.15) is 11.8 Å². The van der Waals surface area contributed by atoms with Crippen LogP contribution in [0.3, 0.4) is 0 Å². The molecule has 0 amide bonds. The summed E-state index contributed by atoms with van der Waals surface area (Å²) in [5.41, 5.74) is 2.34. The smallest absolute Gasteiger partial charge is 0.335 e. The second-order valence-corrected chi connectivity index (χ2v) is 7.19. The van der Waals surface area contributed by atoms with Crippen molar-refractivity contribution in [2.24, 2.45) is 0 Å². The van der Waals surface area contributed by atoms with Gasteiger partial charge in [-0.05, 0) is 47.5 Å². The molecule has 0 saturated carbocycles. The molecule has 0 aliphatic carbocycles. The quantitative estimate of drug-likeness (QED) is 0.486. The number of hydrogen-bond acceptors (Lipinski definition) is 5. The van der Waals surface area contributed by atoms with Crippen molar-refractivity contribution in [1.29, 1.82) is 5.26 Å². The first-order valence-electron chi connectivity index (χ1n) is 9.34. The standard InChI is InChI=1S/C24H13ClN4O3/c25-18-7-6-15(20(10-18)16-3-1-4-17(9-16)24(31)32)5-2-8-29-14-28-22-13-27-19(12-26)11-21(22)23(29)30/h1,3-4,6-7,9-11,13-14H,8H2,(H,31,32). The topological polar surface area (TPSA) is 109 Å². The van der Waals surface area contributed by atoms with E-state index in [1.165, 1.54) is 29.2 Å². The summed E-state index contributed by atoms with van der Waals surface area (Å²) in [5, 5.41) is 19.1. The van der Waals surface area contributed by atoms with Crippen molar-refractivity contribution in [3.8, 4) is 29.0 Å². The number of nitrogens with zero attached hydrogens (tertiary/aromatic N) is 4. The van der Waals surface area contributed by atoms with Gasteiger partial charge in [0.2, 0.25) is 0 Å². The van der Waals surface area contributed by atoms with Gasteiger partial charge >= 0.3 is 5.97 Å². The van der Waals surface area contributed by atoms with E-state index in [2.05, 4.69) is 21.8 Å². The van der Waals surface area contributed by atoms with Gasteiger partial charge in [-0.15, -0.1) is 0 Å². The van der Waals surface area contributed by atoms with E-state index in [1.807, 2.05) is 6.07 Å². The van der Waals surface area contributed by atoms with Gasteiger partial charge in [0.25, 0.3) is 5.56 Å². The minimum Gasteiger partial charge on any atom is -0.478 e. The Bertz CT molecular complexity index is 1540. The van der Waals surface area contributed by atoms with Crippen LogP contribution in [-0.2, 0) is 6.54 Å². The predicted octanol–water partition coefficient (Wildman–Crippen LogP) is 3.73. The van der Waals surface area contributed by atoms with Crippen LogP contribution < -0.4 is 5.56 Å². The molecule has 7 nitrogen and oxygen atoms in total.